The number of rotatable bonds is 4. The average Bonchev–Trinajstić information content (AvgIpc) is 3.30. The Balaban J connectivity index is 1.35. The van der Waals surface area contributed by atoms with E-state index >= 15 is 0 Å². The molecule has 0 aromatic heterocycles. The standard InChI is InChI=1S/C28H35NO4S/c1-27(2)17-12-13-28(27,23(30)14-17)16-34(33)22-15-21-24(20-11-7-6-10-19(20)22)26(32)29(25(21)31)18-8-4-3-5-9-18/h3-5,8-9,17,20-21,23-24,30H,6-7,10-16H2,1-2H3/t17-,20-,21+,23-,24-,28-,34?/m1/s1. The van der Waals surface area contributed by atoms with Crippen molar-refractivity contribution in [2.24, 2.45) is 34.5 Å². The van der Waals surface area contributed by atoms with Crippen LogP contribution in [0.25, 0.3) is 0 Å². The van der Waals surface area contributed by atoms with Crippen LogP contribution in [0.4, 0.5) is 5.69 Å². The molecule has 5 aliphatic rings. The Hall–Kier alpha value is -1.79. The van der Waals surface area contributed by atoms with E-state index in [0.29, 0.717) is 23.8 Å². The normalized spacial score (nSPS) is 39.4. The van der Waals surface area contributed by atoms with E-state index in [1.807, 2.05) is 30.3 Å². The number of nitrogens with zero attached hydrogens (tertiary/aromatic N) is 1. The first-order valence-electron chi connectivity index (χ1n) is 13.0. The van der Waals surface area contributed by atoms with Crippen molar-refractivity contribution in [2.45, 2.75) is 71.3 Å². The third-order valence-electron chi connectivity index (χ3n) is 10.4. The molecule has 0 radical (unpaired) electrons. The first-order valence-corrected chi connectivity index (χ1v) is 14.3. The van der Waals surface area contributed by atoms with Crippen LogP contribution in [0.3, 0.4) is 0 Å². The Morgan fingerprint density at radius 1 is 1.06 bits per heavy atom. The van der Waals surface area contributed by atoms with Gasteiger partial charge in [0.05, 0.1) is 23.6 Å². The molecule has 1 heterocycles. The first kappa shape index (κ1) is 22.7. The highest BCUT2D eigenvalue weighted by atomic mass is 32.2. The number of para-hydroxylation sites is 1. The molecule has 4 aliphatic carbocycles. The largest absolute Gasteiger partial charge is 0.392 e. The molecule has 34 heavy (non-hydrogen) atoms. The van der Waals surface area contributed by atoms with Crippen molar-refractivity contribution >= 4 is 28.3 Å². The van der Waals surface area contributed by atoms with Crippen molar-refractivity contribution in [3.8, 4) is 0 Å². The van der Waals surface area contributed by atoms with Crippen molar-refractivity contribution in [1.82, 2.24) is 0 Å². The van der Waals surface area contributed by atoms with E-state index in [-0.39, 0.29) is 34.5 Å². The molecule has 1 saturated heterocycles. The first-order chi connectivity index (χ1) is 16.3. The maximum Gasteiger partial charge on any atom is 0.238 e. The number of amides is 2. The van der Waals surface area contributed by atoms with Crippen LogP contribution in [-0.2, 0) is 20.4 Å². The van der Waals surface area contributed by atoms with Gasteiger partial charge >= 0.3 is 0 Å². The summed E-state index contributed by atoms with van der Waals surface area (Å²) in [6, 6.07) is 9.23. The maximum absolute atomic E-state index is 14.1. The van der Waals surface area contributed by atoms with Crippen LogP contribution in [0.5, 0.6) is 0 Å². The van der Waals surface area contributed by atoms with Crippen LogP contribution in [0.15, 0.2) is 40.8 Å². The molecule has 1 unspecified atom stereocenters. The highest BCUT2D eigenvalue weighted by Crippen LogP contribution is 2.66. The summed E-state index contributed by atoms with van der Waals surface area (Å²) in [4.78, 5) is 29.4. The molecule has 7 atom stereocenters. The Labute approximate surface area is 204 Å². The number of carbonyl (C=O) groups is 2. The van der Waals surface area contributed by atoms with E-state index in [1.54, 1.807) is 0 Å². The van der Waals surface area contributed by atoms with Gasteiger partial charge in [0.2, 0.25) is 11.8 Å². The molecule has 3 saturated carbocycles. The van der Waals surface area contributed by atoms with Gasteiger partial charge in [0, 0.05) is 26.9 Å². The number of fused-ring (bicyclic) bond motifs is 5. The molecule has 4 fully saturated rings. The molecule has 1 aromatic rings. The molecule has 2 bridgehead atoms. The maximum atomic E-state index is 14.1. The molecular weight excluding hydrogens is 446 g/mol. The fourth-order valence-electron chi connectivity index (χ4n) is 8.30. The topological polar surface area (TPSA) is 74.7 Å². The zero-order chi connectivity index (χ0) is 23.8. The number of hydrogen-bond acceptors (Lipinski definition) is 4. The Morgan fingerprint density at radius 2 is 1.82 bits per heavy atom. The summed E-state index contributed by atoms with van der Waals surface area (Å²) < 4.78 is 14.1. The van der Waals surface area contributed by atoms with Crippen LogP contribution < -0.4 is 4.90 Å². The predicted octanol–water partition coefficient (Wildman–Crippen LogP) is 4.58. The van der Waals surface area contributed by atoms with Gasteiger partial charge in [0.15, 0.2) is 0 Å². The van der Waals surface area contributed by atoms with Gasteiger partial charge < -0.3 is 5.11 Å². The smallest absolute Gasteiger partial charge is 0.238 e. The van der Waals surface area contributed by atoms with E-state index in [1.165, 1.54) is 10.5 Å². The fourth-order valence-corrected chi connectivity index (χ4v) is 10.6. The molecule has 6 heteroatoms. The summed E-state index contributed by atoms with van der Waals surface area (Å²) in [5.41, 5.74) is 1.49. The van der Waals surface area contributed by atoms with Crippen LogP contribution in [0.2, 0.25) is 0 Å². The average molecular weight is 482 g/mol. The van der Waals surface area contributed by atoms with Gasteiger partial charge in [-0.3, -0.25) is 18.7 Å². The molecule has 182 valence electrons. The minimum absolute atomic E-state index is 0.0203. The van der Waals surface area contributed by atoms with Gasteiger partial charge in [-0.2, -0.15) is 0 Å². The molecule has 1 N–H and O–H groups in total. The number of imide groups is 1. The zero-order valence-corrected chi connectivity index (χ0v) is 21.0. The molecule has 2 amide bonds. The predicted molar refractivity (Wildman–Crippen MR) is 132 cm³/mol. The van der Waals surface area contributed by atoms with Gasteiger partial charge in [-0.1, -0.05) is 44.0 Å². The molecule has 6 rings (SSSR count). The van der Waals surface area contributed by atoms with Crippen molar-refractivity contribution in [2.75, 3.05) is 10.7 Å². The molecule has 0 spiro atoms. The molecule has 1 aromatic carbocycles. The second-order valence-electron chi connectivity index (χ2n) is 11.8. The number of carbonyl (C=O) groups excluding carboxylic acids is 2. The van der Waals surface area contributed by atoms with Gasteiger partial charge in [0.1, 0.15) is 0 Å². The second-order valence-corrected chi connectivity index (χ2v) is 13.3. The van der Waals surface area contributed by atoms with E-state index < -0.39 is 22.8 Å². The SMILES string of the molecule is CC1(C)[C@@H]2CC[C@@]1(CS(=O)C1=C3CCCC[C@H]3[C@H]3C(=O)N(c4ccccc4)C(=O)[C@H]3C1)[C@H](O)C2. The number of benzene rings is 1. The number of aliphatic hydroxyl groups is 1. The number of anilines is 1. The summed E-state index contributed by atoms with van der Waals surface area (Å²) in [5, 5.41) is 11.0. The molecule has 1 aliphatic heterocycles. The van der Waals surface area contributed by atoms with Gasteiger partial charge in [-0.05, 0) is 74.3 Å². The fraction of sp³-hybridized carbons (Fsp3) is 0.643. The molecule has 5 nitrogen and oxygen atoms in total. The van der Waals surface area contributed by atoms with E-state index in [9.17, 15) is 18.9 Å². The summed E-state index contributed by atoms with van der Waals surface area (Å²) in [6.07, 6.45) is 6.71. The summed E-state index contributed by atoms with van der Waals surface area (Å²) in [5.74, 6) is 0.0158. The quantitative estimate of drug-likeness (QED) is 0.639. The highest BCUT2D eigenvalue weighted by molar-refractivity contribution is 7.89. The second kappa shape index (κ2) is 7.86. The molecular formula is C28H35NO4S. The summed E-state index contributed by atoms with van der Waals surface area (Å²) >= 11 is 0. The van der Waals surface area contributed by atoms with Crippen LogP contribution >= 0.6 is 0 Å². The Kier molecular flexibility index (Phi) is 5.24. The van der Waals surface area contributed by atoms with Crippen LogP contribution in [0.1, 0.15) is 65.2 Å². The Bertz CT molecular complexity index is 1090. The van der Waals surface area contributed by atoms with E-state index in [4.69, 9.17) is 0 Å². The zero-order valence-electron chi connectivity index (χ0n) is 20.2. The summed E-state index contributed by atoms with van der Waals surface area (Å²) in [7, 11) is -1.25. The van der Waals surface area contributed by atoms with E-state index in [0.717, 1.165) is 49.9 Å². The lowest BCUT2D eigenvalue weighted by atomic mass is 9.67. The van der Waals surface area contributed by atoms with Crippen molar-refractivity contribution in [1.29, 1.82) is 0 Å². The van der Waals surface area contributed by atoms with Gasteiger partial charge in [-0.15, -0.1) is 0 Å². The summed E-state index contributed by atoms with van der Waals surface area (Å²) in [6.45, 7) is 4.49. The van der Waals surface area contributed by atoms with Crippen LogP contribution in [0, 0.1) is 34.5 Å². The van der Waals surface area contributed by atoms with E-state index in [2.05, 4.69) is 13.8 Å². The third-order valence-corrected chi connectivity index (χ3v) is 12.2. The third kappa shape index (κ3) is 2.97. The van der Waals surface area contributed by atoms with Gasteiger partial charge in [-0.25, -0.2) is 0 Å². The number of allylic oxidation sites excluding steroid dienone is 2. The van der Waals surface area contributed by atoms with Crippen LogP contribution in [-0.4, -0.2) is 33.0 Å². The Morgan fingerprint density at radius 3 is 2.50 bits per heavy atom. The lowest BCUT2D eigenvalue weighted by molar-refractivity contribution is -0.122. The lowest BCUT2D eigenvalue weighted by Crippen LogP contribution is -2.44. The van der Waals surface area contributed by atoms with Gasteiger partial charge in [0.25, 0.3) is 0 Å². The minimum Gasteiger partial charge on any atom is -0.392 e. The number of hydrogen-bond donors (Lipinski definition) is 1. The van der Waals surface area contributed by atoms with Crippen molar-refractivity contribution in [3.05, 3.63) is 40.8 Å². The minimum atomic E-state index is -1.25. The highest BCUT2D eigenvalue weighted by Gasteiger charge is 2.64. The monoisotopic (exact) mass is 481 g/mol. The van der Waals surface area contributed by atoms with Crippen molar-refractivity contribution in [3.63, 3.8) is 0 Å². The number of aliphatic hydroxyl groups excluding tert-OH is 1. The van der Waals surface area contributed by atoms with Crippen molar-refractivity contribution < 1.29 is 18.9 Å². The lowest BCUT2D eigenvalue weighted by Gasteiger charge is -2.42.